The molecular weight excluding hydrogens is 378 g/mol. The summed E-state index contributed by atoms with van der Waals surface area (Å²) >= 11 is 3.28. The van der Waals surface area contributed by atoms with Gasteiger partial charge in [-0.05, 0) is 40.0 Å². The molecule has 0 aliphatic rings. The molecular formula is C16H18BrN3O4. The van der Waals surface area contributed by atoms with Crippen molar-refractivity contribution < 1.29 is 14.4 Å². The fraction of sp³-hybridized carbons (Fsp3) is 0.312. The summed E-state index contributed by atoms with van der Waals surface area (Å²) in [5.41, 5.74) is 1.22. The molecule has 0 saturated heterocycles. The topological polar surface area (TPSA) is 86.5 Å². The van der Waals surface area contributed by atoms with Gasteiger partial charge in [0.15, 0.2) is 11.5 Å². The smallest absolute Gasteiger partial charge is 0.311 e. The van der Waals surface area contributed by atoms with Gasteiger partial charge in [-0.2, -0.15) is 0 Å². The number of nitrogens with zero attached hydrogens (tertiary/aromatic N) is 2. The Morgan fingerprint density at radius 2 is 2.12 bits per heavy atom. The van der Waals surface area contributed by atoms with Crippen LogP contribution in [0.4, 0.5) is 11.4 Å². The Labute approximate surface area is 148 Å². The number of benzene rings is 1. The zero-order valence-corrected chi connectivity index (χ0v) is 15.0. The normalized spacial score (nSPS) is 10.3. The molecule has 2 rings (SSSR count). The fourth-order valence-electron chi connectivity index (χ4n) is 2.08. The van der Waals surface area contributed by atoms with E-state index in [-0.39, 0.29) is 5.69 Å². The van der Waals surface area contributed by atoms with Crippen molar-refractivity contribution in [3.8, 4) is 11.5 Å². The van der Waals surface area contributed by atoms with Gasteiger partial charge in [0.2, 0.25) is 0 Å². The number of ether oxygens (including phenoxy) is 2. The van der Waals surface area contributed by atoms with Gasteiger partial charge in [0.25, 0.3) is 0 Å². The number of anilines is 1. The summed E-state index contributed by atoms with van der Waals surface area (Å²) in [6.07, 6.45) is 3.64. The number of pyridine rings is 1. The predicted molar refractivity (Wildman–Crippen MR) is 94.7 cm³/mol. The number of methoxy groups -OCH3 is 1. The number of hydrogen-bond donors (Lipinski definition) is 1. The third kappa shape index (κ3) is 4.35. The van der Waals surface area contributed by atoms with Gasteiger partial charge in [0.1, 0.15) is 11.9 Å². The molecule has 0 saturated carbocycles. The standard InChI is InChI=1S/C16H18BrN3O4/c1-3-6-24-14-5-4-11(7-15(14)23-2)8-19-16-12(17)9-18-10-13(16)20(21)22/h4-5,7,9-10H,3,6,8H2,1-2H3,(H,18,19). The number of nitrogens with one attached hydrogen (secondary N) is 1. The van der Waals surface area contributed by atoms with Crippen LogP contribution in [0.15, 0.2) is 35.1 Å². The summed E-state index contributed by atoms with van der Waals surface area (Å²) in [6.45, 7) is 3.04. The highest BCUT2D eigenvalue weighted by Crippen LogP contribution is 2.32. The molecule has 128 valence electrons. The first-order valence-electron chi connectivity index (χ1n) is 7.38. The first-order chi connectivity index (χ1) is 11.6. The molecule has 0 spiro atoms. The maximum Gasteiger partial charge on any atom is 0.311 e. The molecule has 0 radical (unpaired) electrons. The van der Waals surface area contributed by atoms with E-state index in [1.807, 2.05) is 25.1 Å². The van der Waals surface area contributed by atoms with Crippen LogP contribution in [-0.4, -0.2) is 23.6 Å². The second-order valence-corrected chi connectivity index (χ2v) is 5.81. The summed E-state index contributed by atoms with van der Waals surface area (Å²) in [5, 5.41) is 14.2. The van der Waals surface area contributed by atoms with E-state index in [9.17, 15) is 10.1 Å². The Hall–Kier alpha value is -2.35. The Bertz CT molecular complexity index is 724. The van der Waals surface area contributed by atoms with Crippen molar-refractivity contribution in [1.82, 2.24) is 4.98 Å². The molecule has 0 amide bonds. The lowest BCUT2D eigenvalue weighted by Crippen LogP contribution is -2.05. The maximum absolute atomic E-state index is 11.1. The summed E-state index contributed by atoms with van der Waals surface area (Å²) in [6, 6.07) is 5.57. The fourth-order valence-corrected chi connectivity index (χ4v) is 2.54. The minimum Gasteiger partial charge on any atom is -0.493 e. The lowest BCUT2D eigenvalue weighted by Gasteiger charge is -2.13. The first kappa shape index (κ1) is 18.0. The van der Waals surface area contributed by atoms with Crippen molar-refractivity contribution in [2.45, 2.75) is 19.9 Å². The molecule has 0 fully saturated rings. The van der Waals surface area contributed by atoms with E-state index in [0.29, 0.717) is 34.8 Å². The largest absolute Gasteiger partial charge is 0.493 e. The van der Waals surface area contributed by atoms with Crippen LogP contribution in [0.1, 0.15) is 18.9 Å². The average molecular weight is 396 g/mol. The van der Waals surface area contributed by atoms with Gasteiger partial charge in [0, 0.05) is 12.7 Å². The number of halogens is 1. The molecule has 1 aromatic carbocycles. The van der Waals surface area contributed by atoms with Crippen LogP contribution >= 0.6 is 15.9 Å². The summed E-state index contributed by atoms with van der Waals surface area (Å²) < 4.78 is 11.5. The third-order valence-corrected chi connectivity index (χ3v) is 3.84. The van der Waals surface area contributed by atoms with E-state index in [1.54, 1.807) is 7.11 Å². The van der Waals surface area contributed by atoms with Crippen LogP contribution in [0.25, 0.3) is 0 Å². The van der Waals surface area contributed by atoms with Gasteiger partial charge in [-0.25, -0.2) is 0 Å². The SMILES string of the molecule is CCCOc1ccc(CNc2c(Br)cncc2[N+](=O)[O-])cc1OC. The summed E-state index contributed by atoms with van der Waals surface area (Å²) in [4.78, 5) is 14.5. The maximum atomic E-state index is 11.1. The van der Waals surface area contributed by atoms with E-state index in [1.165, 1.54) is 12.4 Å². The van der Waals surface area contributed by atoms with Gasteiger partial charge in [-0.15, -0.1) is 0 Å². The average Bonchev–Trinajstić information content (AvgIpc) is 2.58. The van der Waals surface area contributed by atoms with E-state index in [4.69, 9.17) is 9.47 Å². The van der Waals surface area contributed by atoms with Crippen LogP contribution in [0.5, 0.6) is 11.5 Å². The second kappa shape index (κ2) is 8.49. The molecule has 1 N–H and O–H groups in total. The zero-order chi connectivity index (χ0) is 17.5. The third-order valence-electron chi connectivity index (χ3n) is 3.24. The molecule has 1 heterocycles. The molecule has 0 unspecified atom stereocenters. The van der Waals surface area contributed by atoms with Gasteiger partial charge >= 0.3 is 5.69 Å². The van der Waals surface area contributed by atoms with Crippen LogP contribution in [0, 0.1) is 10.1 Å². The first-order valence-corrected chi connectivity index (χ1v) is 8.17. The van der Waals surface area contributed by atoms with Gasteiger partial charge < -0.3 is 14.8 Å². The highest BCUT2D eigenvalue weighted by atomic mass is 79.9. The van der Waals surface area contributed by atoms with Crippen LogP contribution in [-0.2, 0) is 6.54 Å². The van der Waals surface area contributed by atoms with Crippen molar-refractivity contribution >= 4 is 27.3 Å². The Kier molecular flexibility index (Phi) is 6.36. The minimum absolute atomic E-state index is 0.0840. The molecule has 0 aliphatic carbocycles. The van der Waals surface area contributed by atoms with Gasteiger partial charge in [-0.1, -0.05) is 13.0 Å². The number of rotatable bonds is 8. The lowest BCUT2D eigenvalue weighted by atomic mass is 10.2. The highest BCUT2D eigenvalue weighted by Gasteiger charge is 2.17. The van der Waals surface area contributed by atoms with E-state index in [2.05, 4.69) is 26.2 Å². The van der Waals surface area contributed by atoms with E-state index in [0.717, 1.165) is 12.0 Å². The molecule has 1 aromatic heterocycles. The molecule has 0 aliphatic heterocycles. The predicted octanol–water partition coefficient (Wildman–Crippen LogP) is 4.16. The zero-order valence-electron chi connectivity index (χ0n) is 13.4. The monoisotopic (exact) mass is 395 g/mol. The van der Waals surface area contributed by atoms with Crippen LogP contribution in [0.2, 0.25) is 0 Å². The molecule has 24 heavy (non-hydrogen) atoms. The molecule has 7 nitrogen and oxygen atoms in total. The van der Waals surface area contributed by atoms with Crippen LogP contribution in [0.3, 0.4) is 0 Å². The van der Waals surface area contributed by atoms with Crippen molar-refractivity contribution in [1.29, 1.82) is 0 Å². The molecule has 0 atom stereocenters. The number of nitro groups is 1. The Balaban J connectivity index is 2.17. The Morgan fingerprint density at radius 3 is 2.79 bits per heavy atom. The van der Waals surface area contributed by atoms with Crippen molar-refractivity contribution in [3.63, 3.8) is 0 Å². The van der Waals surface area contributed by atoms with Crippen molar-refractivity contribution in [3.05, 3.63) is 50.7 Å². The van der Waals surface area contributed by atoms with Crippen LogP contribution < -0.4 is 14.8 Å². The van der Waals surface area contributed by atoms with E-state index < -0.39 is 4.92 Å². The van der Waals surface area contributed by atoms with Crippen molar-refractivity contribution in [2.75, 3.05) is 19.0 Å². The second-order valence-electron chi connectivity index (χ2n) is 4.96. The molecule has 2 aromatic rings. The van der Waals surface area contributed by atoms with Crippen molar-refractivity contribution in [2.24, 2.45) is 0 Å². The summed E-state index contributed by atoms with van der Waals surface area (Å²) in [7, 11) is 1.58. The lowest BCUT2D eigenvalue weighted by molar-refractivity contribution is -0.384. The highest BCUT2D eigenvalue weighted by molar-refractivity contribution is 9.10. The molecule has 8 heteroatoms. The van der Waals surface area contributed by atoms with Gasteiger partial charge in [0.05, 0.1) is 23.1 Å². The number of aromatic nitrogens is 1. The minimum atomic E-state index is -0.470. The molecule has 0 bridgehead atoms. The van der Waals surface area contributed by atoms with E-state index >= 15 is 0 Å². The Morgan fingerprint density at radius 1 is 1.33 bits per heavy atom. The van der Waals surface area contributed by atoms with Gasteiger partial charge in [-0.3, -0.25) is 15.1 Å². The number of hydrogen-bond acceptors (Lipinski definition) is 6. The quantitative estimate of drug-likeness (QED) is 0.533. The summed E-state index contributed by atoms with van der Waals surface area (Å²) in [5.74, 6) is 1.31.